The Morgan fingerprint density at radius 2 is 0.897 bits per heavy atom. The molecule has 0 spiro atoms. The number of hydrogen-bond donors (Lipinski definition) is 1. The van der Waals surface area contributed by atoms with Crippen molar-refractivity contribution in [1.29, 1.82) is 0 Å². The predicted octanol–water partition coefficient (Wildman–Crippen LogP) is 6.21. The van der Waals surface area contributed by atoms with Gasteiger partial charge in [-0.25, -0.2) is 0 Å². The maximum atomic E-state index is 2.47. The highest BCUT2D eigenvalue weighted by molar-refractivity contribution is 7.79. The molecule has 2 nitrogen and oxygen atoms in total. The molecule has 1 N–H and O–H groups in total. The number of hydrogen-bond acceptors (Lipinski definition) is 1. The monoisotopic (exact) mass is 529 g/mol. The third-order valence-corrected chi connectivity index (χ3v) is 9.75. The van der Waals surface area contributed by atoms with E-state index in [-0.39, 0.29) is 0 Å². The Morgan fingerprint density at radius 3 is 1.36 bits per heavy atom. The molecule has 3 heteroatoms. The molecule has 0 saturated heterocycles. The molecular weight excluding hydrogens is 491 g/mol. The molecule has 0 aliphatic heterocycles. The van der Waals surface area contributed by atoms with E-state index < -0.39 is 7.92 Å². The molecule has 0 aromatic heterocycles. The van der Waals surface area contributed by atoms with E-state index in [0.717, 1.165) is 26.2 Å². The number of nitrogens with zero attached hydrogens (tertiary/aromatic N) is 1. The smallest absolute Gasteiger partial charge is 0.131 e. The van der Waals surface area contributed by atoms with E-state index in [0.29, 0.717) is 0 Å². The predicted molar refractivity (Wildman–Crippen MR) is 170 cm³/mol. The van der Waals surface area contributed by atoms with Crippen LogP contribution in [0.1, 0.15) is 25.0 Å². The van der Waals surface area contributed by atoms with Gasteiger partial charge in [-0.05, 0) is 85.2 Å². The van der Waals surface area contributed by atoms with Crippen LogP contribution in [0.25, 0.3) is 0 Å². The van der Waals surface area contributed by atoms with Crippen LogP contribution in [-0.2, 0) is 13.1 Å². The first-order chi connectivity index (χ1) is 19.2. The quantitative estimate of drug-likeness (QED) is 0.200. The fourth-order valence-corrected chi connectivity index (χ4v) is 7.45. The van der Waals surface area contributed by atoms with Crippen molar-refractivity contribution in [3.8, 4) is 0 Å². The van der Waals surface area contributed by atoms with E-state index in [4.69, 9.17) is 0 Å². The number of rotatable bonds is 11. The van der Waals surface area contributed by atoms with Crippen LogP contribution in [0.2, 0.25) is 0 Å². The third-order valence-electron chi connectivity index (χ3n) is 7.31. The number of benzene rings is 5. The SMILES string of the molecule is CC[NH+](CC)c1ccc(P(c2ccccc2)c2ccc(N(Cc3ccccc3)Cc3ccccc3)cc2)cc1. The van der Waals surface area contributed by atoms with Gasteiger partial charge in [0.05, 0.1) is 13.1 Å². The Labute approximate surface area is 235 Å². The van der Waals surface area contributed by atoms with E-state index in [1.54, 1.807) is 0 Å². The van der Waals surface area contributed by atoms with Crippen LogP contribution in [-0.4, -0.2) is 13.1 Å². The molecule has 0 heterocycles. The Balaban J connectivity index is 1.47. The molecule has 0 saturated carbocycles. The highest BCUT2D eigenvalue weighted by Crippen LogP contribution is 2.34. The zero-order chi connectivity index (χ0) is 26.9. The minimum Gasteiger partial charge on any atom is -0.363 e. The molecule has 0 radical (unpaired) electrons. The maximum Gasteiger partial charge on any atom is 0.131 e. The zero-order valence-electron chi connectivity index (χ0n) is 23.0. The van der Waals surface area contributed by atoms with Crippen molar-refractivity contribution in [2.45, 2.75) is 26.9 Å². The standard InChI is InChI=1S/C36H37N2P/c1-3-37(4-2)32-20-24-35(25-21-32)39(34-18-12-7-13-19-34)36-26-22-33(23-27-36)38(28-30-14-8-5-9-15-30)29-31-16-10-6-11-17-31/h5-27H,3-4,28-29H2,1-2H3/p+1. The Hall–Kier alpha value is -3.71. The van der Waals surface area contributed by atoms with Gasteiger partial charge in [0.2, 0.25) is 0 Å². The van der Waals surface area contributed by atoms with Gasteiger partial charge in [0.25, 0.3) is 0 Å². The van der Waals surface area contributed by atoms with E-state index in [1.165, 1.54) is 43.3 Å². The molecule has 196 valence electrons. The molecule has 5 aromatic rings. The largest absolute Gasteiger partial charge is 0.363 e. The van der Waals surface area contributed by atoms with E-state index in [2.05, 4.69) is 158 Å². The van der Waals surface area contributed by atoms with E-state index in [1.807, 2.05) is 0 Å². The van der Waals surface area contributed by atoms with Crippen LogP contribution in [0.5, 0.6) is 0 Å². The first-order valence-electron chi connectivity index (χ1n) is 14.0. The van der Waals surface area contributed by atoms with Crippen molar-refractivity contribution in [2.75, 3.05) is 18.0 Å². The van der Waals surface area contributed by atoms with Crippen LogP contribution in [0.15, 0.2) is 140 Å². The highest BCUT2D eigenvalue weighted by Gasteiger charge is 2.18. The summed E-state index contributed by atoms with van der Waals surface area (Å²) in [5, 5.41) is 4.15. The fourth-order valence-electron chi connectivity index (χ4n) is 5.19. The molecular formula is C36H38N2P+. The average Bonchev–Trinajstić information content (AvgIpc) is 3.00. The van der Waals surface area contributed by atoms with E-state index in [9.17, 15) is 0 Å². The summed E-state index contributed by atoms with van der Waals surface area (Å²) in [4.78, 5) is 3.99. The second-order valence-electron chi connectivity index (χ2n) is 9.87. The summed E-state index contributed by atoms with van der Waals surface area (Å²) in [6.07, 6.45) is 0. The molecule has 1 atom stereocenters. The van der Waals surface area contributed by atoms with Crippen LogP contribution in [0.3, 0.4) is 0 Å². The van der Waals surface area contributed by atoms with Crippen molar-refractivity contribution < 1.29 is 4.90 Å². The molecule has 0 fully saturated rings. The fraction of sp³-hybridized carbons (Fsp3) is 0.167. The number of nitrogens with one attached hydrogen (secondary N) is 1. The van der Waals surface area contributed by atoms with Crippen molar-refractivity contribution in [1.82, 2.24) is 0 Å². The van der Waals surface area contributed by atoms with Crippen molar-refractivity contribution in [3.63, 3.8) is 0 Å². The Morgan fingerprint density at radius 1 is 0.487 bits per heavy atom. The topological polar surface area (TPSA) is 7.68 Å². The highest BCUT2D eigenvalue weighted by atomic mass is 31.1. The lowest BCUT2D eigenvalue weighted by atomic mass is 10.1. The lowest BCUT2D eigenvalue weighted by Gasteiger charge is -2.26. The minimum atomic E-state index is -0.642. The molecule has 0 aliphatic carbocycles. The summed E-state index contributed by atoms with van der Waals surface area (Å²) in [6.45, 7) is 8.46. The molecule has 0 bridgehead atoms. The molecule has 5 rings (SSSR count). The second-order valence-corrected chi connectivity index (χ2v) is 12.1. The lowest BCUT2D eigenvalue weighted by molar-refractivity contribution is -0.828. The van der Waals surface area contributed by atoms with Gasteiger partial charge in [0, 0.05) is 18.8 Å². The van der Waals surface area contributed by atoms with Gasteiger partial charge in [-0.15, -0.1) is 0 Å². The maximum absolute atomic E-state index is 2.47. The molecule has 0 aliphatic rings. The summed E-state index contributed by atoms with van der Waals surface area (Å²) in [6, 6.07) is 51.2. The number of quaternary nitrogens is 1. The van der Waals surface area contributed by atoms with Crippen LogP contribution in [0, 0.1) is 0 Å². The summed E-state index contributed by atoms with van der Waals surface area (Å²) in [7, 11) is -0.642. The van der Waals surface area contributed by atoms with Crippen LogP contribution >= 0.6 is 7.92 Å². The minimum absolute atomic E-state index is 0.642. The van der Waals surface area contributed by atoms with Gasteiger partial charge in [0.15, 0.2) is 0 Å². The first kappa shape index (κ1) is 26.9. The van der Waals surface area contributed by atoms with Gasteiger partial charge >= 0.3 is 0 Å². The third kappa shape index (κ3) is 6.84. The van der Waals surface area contributed by atoms with Crippen molar-refractivity contribution in [3.05, 3.63) is 151 Å². The molecule has 39 heavy (non-hydrogen) atoms. The van der Waals surface area contributed by atoms with Crippen molar-refractivity contribution in [2.24, 2.45) is 0 Å². The summed E-state index contributed by atoms with van der Waals surface area (Å²) >= 11 is 0. The van der Waals surface area contributed by atoms with Crippen LogP contribution in [0.4, 0.5) is 11.4 Å². The van der Waals surface area contributed by atoms with Gasteiger partial charge in [-0.3, -0.25) is 0 Å². The van der Waals surface area contributed by atoms with Gasteiger partial charge in [-0.1, -0.05) is 103 Å². The molecule has 5 aromatic carbocycles. The van der Waals surface area contributed by atoms with Gasteiger partial charge < -0.3 is 9.80 Å². The summed E-state index contributed by atoms with van der Waals surface area (Å²) in [5.41, 5.74) is 5.26. The summed E-state index contributed by atoms with van der Waals surface area (Å²) < 4.78 is 0. The number of anilines is 1. The average molecular weight is 530 g/mol. The second kappa shape index (κ2) is 13.4. The summed E-state index contributed by atoms with van der Waals surface area (Å²) in [5.74, 6) is 0. The van der Waals surface area contributed by atoms with Gasteiger partial charge in [-0.2, -0.15) is 0 Å². The lowest BCUT2D eigenvalue weighted by Crippen LogP contribution is -3.06. The molecule has 0 amide bonds. The zero-order valence-corrected chi connectivity index (χ0v) is 23.9. The van der Waals surface area contributed by atoms with E-state index >= 15 is 0 Å². The van der Waals surface area contributed by atoms with Crippen molar-refractivity contribution >= 4 is 35.2 Å². The Kier molecular flexibility index (Phi) is 9.22. The molecule has 1 unspecified atom stereocenters. The van der Waals surface area contributed by atoms with Crippen LogP contribution < -0.4 is 25.7 Å². The van der Waals surface area contributed by atoms with Gasteiger partial charge in [0.1, 0.15) is 5.69 Å². The Bertz CT molecular complexity index is 1360. The normalized spacial score (nSPS) is 11.9. The first-order valence-corrected chi connectivity index (χ1v) is 15.3.